The van der Waals surface area contributed by atoms with Crippen molar-refractivity contribution in [2.45, 2.75) is 19.8 Å². The van der Waals surface area contributed by atoms with Crippen LogP contribution < -0.4 is 5.73 Å². The first-order valence-electron chi connectivity index (χ1n) is 4.81. The summed E-state index contributed by atoms with van der Waals surface area (Å²) in [4.78, 5) is 0. The molecule has 0 aliphatic rings. The van der Waals surface area contributed by atoms with Gasteiger partial charge in [0.05, 0.1) is 0 Å². The van der Waals surface area contributed by atoms with E-state index < -0.39 is 0 Å². The number of hydrogen-bond donors (Lipinski definition) is 1. The van der Waals surface area contributed by atoms with Crippen LogP contribution >= 0.6 is 15.9 Å². The van der Waals surface area contributed by atoms with Crippen molar-refractivity contribution in [3.8, 4) is 0 Å². The van der Waals surface area contributed by atoms with Crippen molar-refractivity contribution < 1.29 is 0 Å². The molecule has 0 aliphatic carbocycles. The maximum absolute atomic E-state index is 5.44. The van der Waals surface area contributed by atoms with E-state index in [4.69, 9.17) is 5.73 Å². The highest BCUT2D eigenvalue weighted by atomic mass is 79.9. The third-order valence-electron chi connectivity index (χ3n) is 2.10. The molecule has 2 heteroatoms. The van der Waals surface area contributed by atoms with Crippen LogP contribution in [0, 0.1) is 0 Å². The van der Waals surface area contributed by atoms with Gasteiger partial charge in [-0.1, -0.05) is 48.0 Å². The molecule has 0 heterocycles. The van der Waals surface area contributed by atoms with Gasteiger partial charge in [-0.2, -0.15) is 0 Å². The van der Waals surface area contributed by atoms with Gasteiger partial charge in [0.15, 0.2) is 0 Å². The van der Waals surface area contributed by atoms with Crippen LogP contribution in [0.5, 0.6) is 0 Å². The molecule has 0 saturated heterocycles. The Morgan fingerprint density at radius 3 is 2.71 bits per heavy atom. The molecule has 0 spiro atoms. The molecule has 0 atom stereocenters. The zero-order valence-corrected chi connectivity index (χ0v) is 10.2. The highest BCUT2D eigenvalue weighted by molar-refractivity contribution is 9.10. The van der Waals surface area contributed by atoms with Gasteiger partial charge in [0.25, 0.3) is 0 Å². The first kappa shape index (κ1) is 11.5. The first-order valence-corrected chi connectivity index (χ1v) is 5.60. The molecule has 0 amide bonds. The van der Waals surface area contributed by atoms with E-state index in [9.17, 15) is 0 Å². The second-order valence-corrected chi connectivity index (χ2v) is 4.48. The fraction of sp³-hybridized carbons (Fsp3) is 0.333. The molecule has 0 bridgehead atoms. The Morgan fingerprint density at radius 2 is 2.14 bits per heavy atom. The standard InChI is InChI=1S/C12H16BrN/c1-9(2)12-6-5-11(13)8-10(12)4-3-7-14/h3-6,8-9H,7,14H2,1-2H3/b4-3+. The van der Waals surface area contributed by atoms with Gasteiger partial charge >= 0.3 is 0 Å². The van der Waals surface area contributed by atoms with Gasteiger partial charge in [0.2, 0.25) is 0 Å². The second kappa shape index (κ2) is 5.32. The van der Waals surface area contributed by atoms with Gasteiger partial charge < -0.3 is 5.73 Å². The van der Waals surface area contributed by atoms with Crippen molar-refractivity contribution in [1.29, 1.82) is 0 Å². The smallest absolute Gasteiger partial charge is 0.0181 e. The Balaban J connectivity index is 3.09. The lowest BCUT2D eigenvalue weighted by molar-refractivity contribution is 0.863. The van der Waals surface area contributed by atoms with E-state index in [-0.39, 0.29) is 0 Å². The zero-order valence-electron chi connectivity index (χ0n) is 8.63. The van der Waals surface area contributed by atoms with E-state index in [1.54, 1.807) is 0 Å². The van der Waals surface area contributed by atoms with Crippen molar-refractivity contribution in [2.75, 3.05) is 6.54 Å². The molecule has 0 aromatic heterocycles. The van der Waals surface area contributed by atoms with Gasteiger partial charge in [0.1, 0.15) is 0 Å². The summed E-state index contributed by atoms with van der Waals surface area (Å²) in [6.07, 6.45) is 4.06. The Hall–Kier alpha value is -0.600. The maximum atomic E-state index is 5.44. The van der Waals surface area contributed by atoms with E-state index in [1.807, 2.05) is 6.08 Å². The summed E-state index contributed by atoms with van der Waals surface area (Å²) in [6.45, 7) is 4.98. The molecular weight excluding hydrogens is 238 g/mol. The predicted octanol–water partition coefficient (Wildman–Crippen LogP) is 3.54. The Kier molecular flexibility index (Phi) is 4.36. The van der Waals surface area contributed by atoms with Gasteiger partial charge in [0, 0.05) is 11.0 Å². The fourth-order valence-corrected chi connectivity index (χ4v) is 1.79. The van der Waals surface area contributed by atoms with Crippen LogP contribution in [0.1, 0.15) is 30.9 Å². The lowest BCUT2D eigenvalue weighted by Gasteiger charge is -2.10. The van der Waals surface area contributed by atoms with Crippen molar-refractivity contribution in [3.63, 3.8) is 0 Å². The molecular formula is C12H16BrN. The van der Waals surface area contributed by atoms with Crippen molar-refractivity contribution in [2.24, 2.45) is 5.73 Å². The average Bonchev–Trinajstić information content (AvgIpc) is 2.14. The topological polar surface area (TPSA) is 26.0 Å². The van der Waals surface area contributed by atoms with Crippen LogP contribution in [0.25, 0.3) is 6.08 Å². The number of rotatable bonds is 3. The summed E-state index contributed by atoms with van der Waals surface area (Å²) < 4.78 is 1.11. The number of nitrogens with two attached hydrogens (primary N) is 1. The minimum Gasteiger partial charge on any atom is -0.327 e. The van der Waals surface area contributed by atoms with Gasteiger partial charge in [-0.3, -0.25) is 0 Å². The Morgan fingerprint density at radius 1 is 1.43 bits per heavy atom. The summed E-state index contributed by atoms with van der Waals surface area (Å²) in [5.41, 5.74) is 8.05. The van der Waals surface area contributed by atoms with Crippen LogP contribution in [-0.2, 0) is 0 Å². The lowest BCUT2D eigenvalue weighted by Crippen LogP contribution is -1.94. The van der Waals surface area contributed by atoms with Crippen LogP contribution in [0.3, 0.4) is 0 Å². The third kappa shape index (κ3) is 2.96. The van der Waals surface area contributed by atoms with Crippen LogP contribution in [0.4, 0.5) is 0 Å². The van der Waals surface area contributed by atoms with E-state index in [0.717, 1.165) is 4.47 Å². The molecule has 1 rings (SSSR count). The summed E-state index contributed by atoms with van der Waals surface area (Å²) in [6, 6.07) is 6.36. The summed E-state index contributed by atoms with van der Waals surface area (Å²) in [5.74, 6) is 0.542. The zero-order chi connectivity index (χ0) is 10.6. The van der Waals surface area contributed by atoms with E-state index >= 15 is 0 Å². The fourth-order valence-electron chi connectivity index (χ4n) is 1.41. The van der Waals surface area contributed by atoms with Gasteiger partial charge in [-0.05, 0) is 29.2 Å². The molecule has 1 aromatic rings. The minimum absolute atomic E-state index is 0.542. The van der Waals surface area contributed by atoms with Crippen molar-refractivity contribution >= 4 is 22.0 Å². The molecule has 0 saturated carbocycles. The van der Waals surface area contributed by atoms with Gasteiger partial charge in [-0.15, -0.1) is 0 Å². The van der Waals surface area contributed by atoms with Crippen LogP contribution in [-0.4, -0.2) is 6.54 Å². The van der Waals surface area contributed by atoms with Crippen LogP contribution in [0.2, 0.25) is 0 Å². The van der Waals surface area contributed by atoms with E-state index in [1.165, 1.54) is 11.1 Å². The summed E-state index contributed by atoms with van der Waals surface area (Å²) in [7, 11) is 0. The molecule has 0 radical (unpaired) electrons. The normalized spacial score (nSPS) is 11.5. The molecule has 2 N–H and O–H groups in total. The molecule has 1 aromatic carbocycles. The predicted molar refractivity (Wildman–Crippen MR) is 66.3 cm³/mol. The Bertz CT molecular complexity index is 329. The lowest BCUT2D eigenvalue weighted by atomic mass is 9.97. The molecule has 0 aliphatic heterocycles. The van der Waals surface area contributed by atoms with Crippen LogP contribution in [0.15, 0.2) is 28.7 Å². The number of halogens is 1. The second-order valence-electron chi connectivity index (χ2n) is 3.57. The highest BCUT2D eigenvalue weighted by Gasteiger charge is 2.04. The van der Waals surface area contributed by atoms with Crippen molar-refractivity contribution in [1.82, 2.24) is 0 Å². The third-order valence-corrected chi connectivity index (χ3v) is 2.60. The van der Waals surface area contributed by atoms with Gasteiger partial charge in [-0.25, -0.2) is 0 Å². The number of hydrogen-bond acceptors (Lipinski definition) is 1. The molecule has 76 valence electrons. The summed E-state index contributed by atoms with van der Waals surface area (Å²) in [5, 5.41) is 0. The average molecular weight is 254 g/mol. The van der Waals surface area contributed by atoms with E-state index in [2.05, 4.69) is 54.1 Å². The minimum atomic E-state index is 0.542. The Labute approximate surface area is 94.1 Å². The summed E-state index contributed by atoms with van der Waals surface area (Å²) >= 11 is 3.47. The highest BCUT2D eigenvalue weighted by Crippen LogP contribution is 2.24. The quantitative estimate of drug-likeness (QED) is 0.877. The molecule has 0 fully saturated rings. The number of benzene rings is 1. The monoisotopic (exact) mass is 253 g/mol. The molecule has 14 heavy (non-hydrogen) atoms. The van der Waals surface area contributed by atoms with Crippen molar-refractivity contribution in [3.05, 3.63) is 39.9 Å². The molecule has 0 unspecified atom stereocenters. The maximum Gasteiger partial charge on any atom is 0.0181 e. The van der Waals surface area contributed by atoms with E-state index in [0.29, 0.717) is 12.5 Å². The first-order chi connectivity index (χ1) is 6.65. The largest absolute Gasteiger partial charge is 0.327 e. The SMILES string of the molecule is CC(C)c1ccc(Br)cc1/C=C/CN. The molecule has 1 nitrogen and oxygen atoms in total.